The highest BCUT2D eigenvalue weighted by Crippen LogP contribution is 2.31. The second kappa shape index (κ2) is 12.7. The van der Waals surface area contributed by atoms with E-state index in [0.717, 1.165) is 10.9 Å². The normalized spacial score (nSPS) is 10.8. The van der Waals surface area contributed by atoms with Crippen molar-refractivity contribution in [3.63, 3.8) is 0 Å². The number of halogens is 1. The third kappa shape index (κ3) is 7.06. The molecule has 0 aliphatic rings. The highest BCUT2D eigenvalue weighted by Gasteiger charge is 2.22. The van der Waals surface area contributed by atoms with Gasteiger partial charge >= 0.3 is 0 Å². The van der Waals surface area contributed by atoms with Crippen molar-refractivity contribution in [2.24, 2.45) is 0 Å². The molecular formula is C23H24ClN3O6S2. The van der Waals surface area contributed by atoms with Gasteiger partial charge in [-0.1, -0.05) is 33.2 Å². The lowest BCUT2D eigenvalue weighted by Gasteiger charge is -2.08. The quantitative estimate of drug-likeness (QED) is 0.155. The first-order valence-electron chi connectivity index (χ1n) is 10.6. The minimum atomic E-state index is -0.816. The van der Waals surface area contributed by atoms with Crippen molar-refractivity contribution in [2.75, 3.05) is 31.8 Å². The fourth-order valence-corrected chi connectivity index (χ4v) is 5.37. The average Bonchev–Trinajstić information content (AvgIpc) is 3.10. The number of hydrogen-bond donors (Lipinski definition) is 1. The van der Waals surface area contributed by atoms with Crippen LogP contribution in [0.3, 0.4) is 0 Å². The summed E-state index contributed by atoms with van der Waals surface area (Å²) in [6, 6.07) is 12.1. The van der Waals surface area contributed by atoms with Gasteiger partial charge in [-0.3, -0.25) is 14.2 Å². The van der Waals surface area contributed by atoms with Gasteiger partial charge in [0.05, 0.1) is 19.0 Å². The lowest BCUT2D eigenvalue weighted by Crippen LogP contribution is -2.27. The predicted molar refractivity (Wildman–Crippen MR) is 139 cm³/mol. The van der Waals surface area contributed by atoms with E-state index in [1.165, 1.54) is 21.6 Å². The Hall–Kier alpha value is -2.89. The van der Waals surface area contributed by atoms with Crippen molar-refractivity contribution < 1.29 is 24.3 Å². The zero-order valence-corrected chi connectivity index (χ0v) is 21.5. The Balaban J connectivity index is 1.71. The molecule has 186 valence electrons. The third-order valence-electron chi connectivity index (χ3n) is 5.13. The molecule has 0 fully saturated rings. The number of aromatic nitrogens is 1. The molecule has 3 aromatic rings. The molecule has 0 radical (unpaired) electrons. The molecule has 0 spiro atoms. The highest BCUT2D eigenvalue weighted by molar-refractivity contribution is 8.76. The first kappa shape index (κ1) is 26.7. The molecule has 1 aromatic heterocycles. The van der Waals surface area contributed by atoms with E-state index >= 15 is 0 Å². The molecule has 3 rings (SSSR count). The molecule has 1 amide bonds. The van der Waals surface area contributed by atoms with Crippen molar-refractivity contribution in [3.8, 4) is 5.75 Å². The summed E-state index contributed by atoms with van der Waals surface area (Å²) < 4.78 is 6.97. The number of carbonyl (C=O) groups excluding carboxylic acids is 2. The van der Waals surface area contributed by atoms with Crippen LogP contribution >= 0.6 is 33.2 Å². The minimum absolute atomic E-state index is 0.0264. The Morgan fingerprint density at radius 2 is 1.86 bits per heavy atom. The zero-order valence-electron chi connectivity index (χ0n) is 19.1. The SMILES string of the molecule is COc1ccc2c(c1)c(CC(=O)NCCSSCCO[N+](=O)[O-])c(C)n2C(=O)c1ccc(Cl)cc1. The van der Waals surface area contributed by atoms with Gasteiger partial charge in [0.1, 0.15) is 12.4 Å². The van der Waals surface area contributed by atoms with Crippen LogP contribution in [0.4, 0.5) is 0 Å². The fraction of sp³-hybridized carbons (Fsp3) is 0.304. The van der Waals surface area contributed by atoms with Crippen molar-refractivity contribution >= 4 is 55.9 Å². The lowest BCUT2D eigenvalue weighted by atomic mass is 10.1. The predicted octanol–water partition coefficient (Wildman–Crippen LogP) is 4.55. The number of carbonyl (C=O) groups is 2. The highest BCUT2D eigenvalue weighted by atomic mass is 35.5. The smallest absolute Gasteiger partial charge is 0.294 e. The minimum Gasteiger partial charge on any atom is -0.497 e. The van der Waals surface area contributed by atoms with Crippen LogP contribution in [0.25, 0.3) is 10.9 Å². The van der Waals surface area contributed by atoms with Crippen LogP contribution < -0.4 is 10.1 Å². The first-order chi connectivity index (χ1) is 16.8. The molecule has 9 nitrogen and oxygen atoms in total. The average molecular weight is 538 g/mol. The summed E-state index contributed by atoms with van der Waals surface area (Å²) >= 11 is 5.97. The van der Waals surface area contributed by atoms with Gasteiger partial charge in [0.25, 0.3) is 11.0 Å². The van der Waals surface area contributed by atoms with Gasteiger partial charge in [0.2, 0.25) is 5.91 Å². The van der Waals surface area contributed by atoms with E-state index in [1.54, 1.807) is 42.0 Å². The number of fused-ring (bicyclic) bond motifs is 1. The summed E-state index contributed by atoms with van der Waals surface area (Å²) in [7, 11) is 4.50. The van der Waals surface area contributed by atoms with Gasteiger partial charge in [0.15, 0.2) is 0 Å². The molecule has 0 aliphatic carbocycles. The number of rotatable bonds is 12. The second-order valence-electron chi connectivity index (χ2n) is 7.32. The van der Waals surface area contributed by atoms with E-state index in [1.807, 2.05) is 19.1 Å². The van der Waals surface area contributed by atoms with Gasteiger partial charge in [-0.05, 0) is 55.0 Å². The monoisotopic (exact) mass is 537 g/mol. The van der Waals surface area contributed by atoms with Gasteiger partial charge in [0, 0.05) is 39.7 Å². The number of methoxy groups -OCH3 is 1. The standard InChI is InChI=1S/C23H24ClN3O6S2/c1-15-19(14-22(28)25-9-11-34-35-12-10-33-27(30)31)20-13-18(32-2)7-8-21(20)26(15)23(29)16-3-5-17(24)6-4-16/h3-8,13H,9-12,14H2,1-2H3,(H,25,28). The number of nitrogens with zero attached hydrogens (tertiary/aromatic N) is 2. The summed E-state index contributed by atoms with van der Waals surface area (Å²) in [4.78, 5) is 40.4. The Bertz CT molecular complexity index is 1220. The molecule has 0 saturated carbocycles. The Labute approximate surface area is 215 Å². The molecule has 0 aliphatic heterocycles. The molecule has 1 heterocycles. The molecule has 2 aromatic carbocycles. The van der Waals surface area contributed by atoms with Gasteiger partial charge in [-0.25, -0.2) is 0 Å². The molecule has 35 heavy (non-hydrogen) atoms. The lowest BCUT2D eigenvalue weighted by molar-refractivity contribution is -0.756. The van der Waals surface area contributed by atoms with Crippen LogP contribution in [-0.2, 0) is 16.1 Å². The van der Waals surface area contributed by atoms with E-state index in [-0.39, 0.29) is 24.8 Å². The zero-order chi connectivity index (χ0) is 25.4. The van der Waals surface area contributed by atoms with Crippen LogP contribution in [0, 0.1) is 17.0 Å². The van der Waals surface area contributed by atoms with Gasteiger partial charge < -0.3 is 14.9 Å². The van der Waals surface area contributed by atoms with Crippen molar-refractivity contribution in [1.82, 2.24) is 9.88 Å². The largest absolute Gasteiger partial charge is 0.497 e. The van der Waals surface area contributed by atoms with Crippen molar-refractivity contribution in [3.05, 3.63) is 74.4 Å². The third-order valence-corrected chi connectivity index (χ3v) is 7.75. The van der Waals surface area contributed by atoms with Crippen LogP contribution in [-0.4, -0.2) is 53.2 Å². The van der Waals surface area contributed by atoms with Gasteiger partial charge in [-0.15, -0.1) is 10.1 Å². The molecule has 0 bridgehead atoms. The summed E-state index contributed by atoms with van der Waals surface area (Å²) in [5, 5.41) is 13.5. The Morgan fingerprint density at radius 3 is 2.54 bits per heavy atom. The van der Waals surface area contributed by atoms with E-state index in [2.05, 4.69) is 10.2 Å². The molecule has 12 heteroatoms. The van der Waals surface area contributed by atoms with Gasteiger partial charge in [-0.2, -0.15) is 0 Å². The number of benzene rings is 2. The molecular weight excluding hydrogens is 514 g/mol. The maximum atomic E-state index is 13.3. The number of hydrogen-bond acceptors (Lipinski definition) is 8. The van der Waals surface area contributed by atoms with E-state index in [0.29, 0.717) is 45.6 Å². The number of amides is 1. The van der Waals surface area contributed by atoms with Crippen molar-refractivity contribution in [1.29, 1.82) is 0 Å². The van der Waals surface area contributed by atoms with Crippen molar-refractivity contribution in [2.45, 2.75) is 13.3 Å². The first-order valence-corrected chi connectivity index (χ1v) is 13.4. The maximum Gasteiger partial charge on any atom is 0.294 e. The van der Waals surface area contributed by atoms with E-state index in [9.17, 15) is 19.7 Å². The summed E-state index contributed by atoms with van der Waals surface area (Å²) in [5.41, 5.74) is 2.60. The summed E-state index contributed by atoms with van der Waals surface area (Å²) in [6.07, 6.45) is 0.102. The van der Waals surface area contributed by atoms with E-state index in [4.69, 9.17) is 16.3 Å². The number of nitrogens with one attached hydrogen (secondary N) is 1. The molecule has 1 N–H and O–H groups in total. The second-order valence-corrected chi connectivity index (χ2v) is 10.5. The Kier molecular flexibility index (Phi) is 9.70. The fourth-order valence-electron chi connectivity index (χ4n) is 3.51. The molecule has 0 saturated heterocycles. The van der Waals surface area contributed by atoms with Crippen LogP contribution in [0.1, 0.15) is 21.6 Å². The number of ether oxygens (including phenoxy) is 1. The van der Waals surface area contributed by atoms with Crippen LogP contribution in [0.2, 0.25) is 5.02 Å². The molecule has 0 unspecified atom stereocenters. The Morgan fingerprint density at radius 1 is 1.14 bits per heavy atom. The van der Waals surface area contributed by atoms with Crippen LogP contribution in [0.5, 0.6) is 5.75 Å². The summed E-state index contributed by atoms with van der Waals surface area (Å²) in [6.45, 7) is 2.29. The topological polar surface area (TPSA) is 113 Å². The maximum absolute atomic E-state index is 13.3. The summed E-state index contributed by atoms with van der Waals surface area (Å²) in [5.74, 6) is 1.36. The van der Waals surface area contributed by atoms with E-state index < -0.39 is 5.09 Å². The van der Waals surface area contributed by atoms with Crippen LogP contribution in [0.15, 0.2) is 42.5 Å². The molecule has 0 atom stereocenters.